The number of rotatable bonds is 7. The van der Waals surface area contributed by atoms with E-state index in [0.717, 1.165) is 6.33 Å². The van der Waals surface area contributed by atoms with E-state index in [1.54, 1.807) is 0 Å². The number of amides is 1. The van der Waals surface area contributed by atoms with Crippen molar-refractivity contribution in [1.82, 2.24) is 20.4 Å². The van der Waals surface area contributed by atoms with Crippen molar-refractivity contribution in [1.29, 1.82) is 0 Å². The standard InChI is InChI=1S/C17H13N7O5/c25-16(10-5-7-18-8-6-10)23-22-15-13(24(28)29)14(19-9-20-15)21-12-3-1-11(2-4-12)17(26)27/h1-9H,(H,23,25)(H,26,27)(H2,19,20,21,22). The van der Waals surface area contributed by atoms with Crippen LogP contribution in [0.25, 0.3) is 0 Å². The van der Waals surface area contributed by atoms with E-state index < -0.39 is 22.5 Å². The van der Waals surface area contributed by atoms with E-state index in [1.807, 2.05) is 0 Å². The van der Waals surface area contributed by atoms with Gasteiger partial charge in [-0.1, -0.05) is 0 Å². The molecular formula is C17H13N7O5. The molecule has 3 rings (SSSR count). The maximum absolute atomic E-state index is 12.1. The number of carboxylic acids is 1. The van der Waals surface area contributed by atoms with Crippen molar-refractivity contribution < 1.29 is 19.6 Å². The Morgan fingerprint density at radius 2 is 1.62 bits per heavy atom. The van der Waals surface area contributed by atoms with Crippen LogP contribution in [0.1, 0.15) is 20.7 Å². The lowest BCUT2D eigenvalue weighted by Gasteiger charge is -2.11. The van der Waals surface area contributed by atoms with Crippen LogP contribution in [0.5, 0.6) is 0 Å². The molecule has 146 valence electrons. The summed E-state index contributed by atoms with van der Waals surface area (Å²) in [5, 5.41) is 23.2. The second-order valence-electron chi connectivity index (χ2n) is 5.50. The van der Waals surface area contributed by atoms with Crippen LogP contribution >= 0.6 is 0 Å². The van der Waals surface area contributed by atoms with Crippen molar-refractivity contribution >= 4 is 34.9 Å². The first kappa shape index (κ1) is 19.2. The van der Waals surface area contributed by atoms with Crippen molar-refractivity contribution in [3.8, 4) is 0 Å². The average Bonchev–Trinajstić information content (AvgIpc) is 2.73. The topological polar surface area (TPSA) is 172 Å². The zero-order valence-corrected chi connectivity index (χ0v) is 14.6. The minimum absolute atomic E-state index is 0.0638. The molecule has 0 saturated heterocycles. The predicted octanol–water partition coefficient (Wildman–Crippen LogP) is 1.98. The van der Waals surface area contributed by atoms with Crippen LogP contribution in [0.15, 0.2) is 55.1 Å². The number of carbonyl (C=O) groups is 2. The van der Waals surface area contributed by atoms with Gasteiger partial charge in [0.15, 0.2) is 0 Å². The molecule has 12 nitrogen and oxygen atoms in total. The Kier molecular flexibility index (Phi) is 5.54. The number of pyridine rings is 1. The minimum Gasteiger partial charge on any atom is -0.478 e. The monoisotopic (exact) mass is 395 g/mol. The van der Waals surface area contributed by atoms with Gasteiger partial charge >= 0.3 is 11.7 Å². The molecule has 1 amide bonds. The first-order chi connectivity index (χ1) is 14.0. The van der Waals surface area contributed by atoms with Crippen molar-refractivity contribution in [3.63, 3.8) is 0 Å². The third kappa shape index (κ3) is 4.57. The predicted molar refractivity (Wildman–Crippen MR) is 101 cm³/mol. The van der Waals surface area contributed by atoms with Gasteiger partial charge in [0, 0.05) is 23.6 Å². The van der Waals surface area contributed by atoms with Crippen molar-refractivity contribution in [2.75, 3.05) is 10.7 Å². The summed E-state index contributed by atoms with van der Waals surface area (Å²) in [4.78, 5) is 45.3. The van der Waals surface area contributed by atoms with Crippen LogP contribution in [0.4, 0.5) is 23.0 Å². The summed E-state index contributed by atoms with van der Waals surface area (Å²) in [6.45, 7) is 0. The van der Waals surface area contributed by atoms with E-state index in [1.165, 1.54) is 48.8 Å². The number of aromatic nitrogens is 3. The highest BCUT2D eigenvalue weighted by molar-refractivity contribution is 5.95. The van der Waals surface area contributed by atoms with E-state index in [0.29, 0.717) is 11.3 Å². The van der Waals surface area contributed by atoms with Crippen LogP contribution in [0.3, 0.4) is 0 Å². The summed E-state index contributed by atoms with van der Waals surface area (Å²) in [7, 11) is 0. The van der Waals surface area contributed by atoms with Gasteiger partial charge in [0.05, 0.1) is 10.5 Å². The number of carbonyl (C=O) groups excluding carboxylic acids is 1. The number of nitrogens with zero attached hydrogens (tertiary/aromatic N) is 4. The van der Waals surface area contributed by atoms with Gasteiger partial charge < -0.3 is 10.4 Å². The maximum atomic E-state index is 12.1. The molecule has 0 aliphatic rings. The van der Waals surface area contributed by atoms with Gasteiger partial charge in [-0.25, -0.2) is 14.8 Å². The Hall–Kier alpha value is -4.61. The number of carboxylic acid groups (broad SMARTS) is 1. The van der Waals surface area contributed by atoms with E-state index in [2.05, 4.69) is 31.1 Å². The lowest BCUT2D eigenvalue weighted by atomic mass is 10.2. The third-order valence-corrected chi connectivity index (χ3v) is 3.64. The molecule has 0 bridgehead atoms. The fourth-order valence-electron chi connectivity index (χ4n) is 2.26. The molecular weight excluding hydrogens is 382 g/mol. The molecule has 0 unspecified atom stereocenters. The highest BCUT2D eigenvalue weighted by Crippen LogP contribution is 2.30. The van der Waals surface area contributed by atoms with Gasteiger partial charge in [-0.2, -0.15) is 0 Å². The molecule has 0 aliphatic carbocycles. The summed E-state index contributed by atoms with van der Waals surface area (Å²) in [5.74, 6) is -2.02. The van der Waals surface area contributed by atoms with E-state index in [9.17, 15) is 19.7 Å². The second-order valence-corrected chi connectivity index (χ2v) is 5.50. The van der Waals surface area contributed by atoms with Crippen molar-refractivity contribution in [2.45, 2.75) is 0 Å². The summed E-state index contributed by atoms with van der Waals surface area (Å²) >= 11 is 0. The molecule has 0 atom stereocenters. The molecule has 4 N–H and O–H groups in total. The summed E-state index contributed by atoms with van der Waals surface area (Å²) in [6, 6.07) is 8.50. The van der Waals surface area contributed by atoms with Crippen molar-refractivity contribution in [3.05, 3.63) is 76.4 Å². The maximum Gasteiger partial charge on any atom is 0.355 e. The van der Waals surface area contributed by atoms with Gasteiger partial charge in [-0.05, 0) is 36.4 Å². The molecule has 3 aromatic rings. The molecule has 1 aromatic carbocycles. The molecule has 12 heteroatoms. The minimum atomic E-state index is -1.10. The number of hydrogen-bond donors (Lipinski definition) is 4. The zero-order valence-electron chi connectivity index (χ0n) is 14.6. The highest BCUT2D eigenvalue weighted by Gasteiger charge is 2.23. The Morgan fingerprint density at radius 1 is 0.966 bits per heavy atom. The Labute approximate surface area is 162 Å². The zero-order chi connectivity index (χ0) is 20.8. The van der Waals surface area contributed by atoms with E-state index >= 15 is 0 Å². The summed E-state index contributed by atoms with van der Waals surface area (Å²) in [6.07, 6.45) is 3.93. The van der Waals surface area contributed by atoms with Crippen LogP contribution in [-0.4, -0.2) is 36.9 Å². The van der Waals surface area contributed by atoms with E-state index in [-0.39, 0.29) is 17.2 Å². The number of anilines is 3. The fourth-order valence-corrected chi connectivity index (χ4v) is 2.26. The lowest BCUT2D eigenvalue weighted by molar-refractivity contribution is -0.383. The first-order valence-corrected chi connectivity index (χ1v) is 8.02. The van der Waals surface area contributed by atoms with Gasteiger partial charge in [-0.15, -0.1) is 0 Å². The van der Waals surface area contributed by atoms with Crippen molar-refractivity contribution in [2.24, 2.45) is 0 Å². The van der Waals surface area contributed by atoms with Crippen LogP contribution in [-0.2, 0) is 0 Å². The van der Waals surface area contributed by atoms with Crippen LogP contribution in [0.2, 0.25) is 0 Å². The van der Waals surface area contributed by atoms with Gasteiger partial charge in [-0.3, -0.25) is 30.7 Å². The summed E-state index contributed by atoms with van der Waals surface area (Å²) in [5.41, 5.74) is 4.96. The Morgan fingerprint density at radius 3 is 2.24 bits per heavy atom. The molecule has 0 aliphatic heterocycles. The first-order valence-electron chi connectivity index (χ1n) is 8.02. The fraction of sp³-hybridized carbons (Fsp3) is 0. The third-order valence-electron chi connectivity index (χ3n) is 3.64. The molecule has 0 saturated carbocycles. The quantitative estimate of drug-likeness (QED) is 0.342. The number of benzene rings is 1. The number of aromatic carboxylic acids is 1. The molecule has 29 heavy (non-hydrogen) atoms. The molecule has 2 aromatic heterocycles. The number of nitro groups is 1. The Balaban J connectivity index is 1.81. The average molecular weight is 395 g/mol. The lowest BCUT2D eigenvalue weighted by Crippen LogP contribution is -2.30. The van der Waals surface area contributed by atoms with Gasteiger partial charge in [0.1, 0.15) is 6.33 Å². The molecule has 0 spiro atoms. The number of hydrazine groups is 1. The summed E-state index contributed by atoms with van der Waals surface area (Å²) < 4.78 is 0. The molecule has 0 radical (unpaired) electrons. The smallest absolute Gasteiger partial charge is 0.355 e. The largest absolute Gasteiger partial charge is 0.478 e. The normalized spacial score (nSPS) is 10.1. The van der Waals surface area contributed by atoms with Gasteiger partial charge in [0.25, 0.3) is 5.91 Å². The molecule has 0 fully saturated rings. The van der Waals surface area contributed by atoms with Crippen LogP contribution < -0.4 is 16.2 Å². The number of nitrogens with one attached hydrogen (secondary N) is 3. The van der Waals surface area contributed by atoms with Gasteiger partial charge in [0.2, 0.25) is 11.6 Å². The van der Waals surface area contributed by atoms with E-state index in [4.69, 9.17) is 5.11 Å². The number of hydrogen-bond acceptors (Lipinski definition) is 9. The second kappa shape index (κ2) is 8.39. The SMILES string of the molecule is O=C(O)c1ccc(Nc2ncnc(NNC(=O)c3ccncc3)c2[N+](=O)[O-])cc1. The molecule has 2 heterocycles. The van der Waals surface area contributed by atoms with Crippen LogP contribution in [0, 0.1) is 10.1 Å². The Bertz CT molecular complexity index is 1060. The highest BCUT2D eigenvalue weighted by atomic mass is 16.6.